The lowest BCUT2D eigenvalue weighted by Gasteiger charge is -2.17. The van der Waals surface area contributed by atoms with Crippen LogP contribution >= 0.6 is 0 Å². The van der Waals surface area contributed by atoms with Crippen molar-refractivity contribution in [3.05, 3.63) is 46.8 Å². The Morgan fingerprint density at radius 1 is 1.33 bits per heavy atom. The zero-order chi connectivity index (χ0) is 17.3. The summed E-state index contributed by atoms with van der Waals surface area (Å²) in [7, 11) is 2.96. The van der Waals surface area contributed by atoms with E-state index in [1.54, 1.807) is 20.0 Å². The molecule has 0 saturated heterocycles. The van der Waals surface area contributed by atoms with E-state index in [2.05, 4.69) is 10.4 Å². The number of esters is 1. The number of amides is 1. The number of aromatic nitrogens is 2. The van der Waals surface area contributed by atoms with Crippen LogP contribution in [0.1, 0.15) is 21.7 Å². The van der Waals surface area contributed by atoms with Crippen molar-refractivity contribution < 1.29 is 19.1 Å². The van der Waals surface area contributed by atoms with Crippen LogP contribution in [0.2, 0.25) is 0 Å². The second-order valence-electron chi connectivity index (χ2n) is 5.37. The molecule has 7 heteroatoms. The van der Waals surface area contributed by atoms with Gasteiger partial charge in [0, 0.05) is 12.6 Å². The topological polar surface area (TPSA) is 82.5 Å². The van der Waals surface area contributed by atoms with E-state index in [1.807, 2.05) is 24.3 Å². The van der Waals surface area contributed by atoms with E-state index in [0.29, 0.717) is 17.0 Å². The lowest BCUT2D eigenvalue weighted by molar-refractivity contribution is -0.113. The van der Waals surface area contributed by atoms with Crippen LogP contribution < -0.4 is 10.1 Å². The summed E-state index contributed by atoms with van der Waals surface area (Å²) in [6, 6.07) is 7.47. The maximum Gasteiger partial charge on any atom is 0.360 e. The van der Waals surface area contributed by atoms with Crippen LogP contribution in [0.4, 0.5) is 5.69 Å². The number of nitrogens with zero attached hydrogens (tertiary/aromatic N) is 2. The first-order chi connectivity index (χ1) is 11.5. The lowest BCUT2D eigenvalue weighted by Crippen LogP contribution is -2.22. The Morgan fingerprint density at radius 3 is 2.83 bits per heavy atom. The Bertz CT molecular complexity index is 852. The van der Waals surface area contributed by atoms with Crippen molar-refractivity contribution in [3.8, 4) is 5.75 Å². The van der Waals surface area contributed by atoms with Crippen LogP contribution in [0.3, 0.4) is 0 Å². The normalized spacial score (nSPS) is 12.7. The molecule has 0 spiro atoms. The largest absolute Gasteiger partial charge is 0.488 e. The van der Waals surface area contributed by atoms with Gasteiger partial charge in [0.05, 0.1) is 24.1 Å². The molecule has 1 N–H and O–H groups in total. The minimum absolute atomic E-state index is 0.0728. The maximum absolute atomic E-state index is 12.6. The van der Waals surface area contributed by atoms with Crippen molar-refractivity contribution >= 4 is 23.6 Å². The number of anilines is 1. The third kappa shape index (κ3) is 2.76. The van der Waals surface area contributed by atoms with Gasteiger partial charge < -0.3 is 14.8 Å². The molecule has 0 unspecified atom stereocenters. The van der Waals surface area contributed by atoms with Crippen LogP contribution in [-0.4, -0.2) is 35.4 Å². The van der Waals surface area contributed by atoms with Gasteiger partial charge in [0.15, 0.2) is 5.69 Å². The molecule has 1 aliphatic heterocycles. The minimum atomic E-state index is -0.604. The van der Waals surface area contributed by atoms with Crippen LogP contribution in [0.25, 0.3) is 6.08 Å². The van der Waals surface area contributed by atoms with Crippen LogP contribution in [0, 0.1) is 6.92 Å². The Labute approximate surface area is 138 Å². The molecule has 1 aliphatic rings. The van der Waals surface area contributed by atoms with Crippen molar-refractivity contribution in [3.63, 3.8) is 0 Å². The number of benzene rings is 1. The number of carbonyl (C=O) groups is 2. The van der Waals surface area contributed by atoms with E-state index in [1.165, 1.54) is 11.8 Å². The van der Waals surface area contributed by atoms with E-state index in [9.17, 15) is 9.59 Å². The first-order valence-electron chi connectivity index (χ1n) is 7.37. The smallest absolute Gasteiger partial charge is 0.360 e. The number of methoxy groups -OCH3 is 1. The number of hydrogen-bond acceptors (Lipinski definition) is 5. The summed E-state index contributed by atoms with van der Waals surface area (Å²) in [4.78, 5) is 24.4. The SMILES string of the molecule is COC(=O)c1nn(C)c(C)c1NC(=O)C1=Cc2ccccc2OC1. The predicted molar refractivity (Wildman–Crippen MR) is 87.8 cm³/mol. The summed E-state index contributed by atoms with van der Waals surface area (Å²) in [6.07, 6.45) is 1.78. The van der Waals surface area contributed by atoms with Crippen molar-refractivity contribution in [2.24, 2.45) is 7.05 Å². The van der Waals surface area contributed by atoms with Gasteiger partial charge in [-0.3, -0.25) is 9.48 Å². The third-order valence-corrected chi connectivity index (χ3v) is 3.87. The highest BCUT2D eigenvalue weighted by Gasteiger charge is 2.24. The second-order valence-corrected chi connectivity index (χ2v) is 5.37. The lowest BCUT2D eigenvalue weighted by atomic mass is 10.1. The first-order valence-corrected chi connectivity index (χ1v) is 7.37. The number of hydrogen-bond donors (Lipinski definition) is 1. The number of para-hydroxylation sites is 1. The molecule has 0 radical (unpaired) electrons. The van der Waals surface area contributed by atoms with Crippen LogP contribution in [0.5, 0.6) is 5.75 Å². The van der Waals surface area contributed by atoms with Gasteiger partial charge in [-0.25, -0.2) is 4.79 Å². The Morgan fingerprint density at radius 2 is 2.08 bits per heavy atom. The van der Waals surface area contributed by atoms with Gasteiger partial charge in [-0.1, -0.05) is 18.2 Å². The number of carbonyl (C=O) groups excluding carboxylic acids is 2. The van der Waals surface area contributed by atoms with Crippen LogP contribution in [0.15, 0.2) is 29.8 Å². The molecule has 24 heavy (non-hydrogen) atoms. The summed E-state index contributed by atoms with van der Waals surface area (Å²) in [5, 5.41) is 6.84. The molecule has 1 aromatic carbocycles. The number of fused-ring (bicyclic) bond motifs is 1. The highest BCUT2D eigenvalue weighted by molar-refractivity contribution is 6.10. The zero-order valence-corrected chi connectivity index (χ0v) is 13.6. The van der Waals surface area contributed by atoms with Gasteiger partial charge in [-0.15, -0.1) is 0 Å². The van der Waals surface area contributed by atoms with Gasteiger partial charge >= 0.3 is 5.97 Å². The maximum atomic E-state index is 12.6. The highest BCUT2D eigenvalue weighted by Crippen LogP contribution is 2.27. The van der Waals surface area contributed by atoms with Gasteiger partial charge in [-0.05, 0) is 19.1 Å². The van der Waals surface area contributed by atoms with E-state index in [-0.39, 0.29) is 18.2 Å². The first kappa shape index (κ1) is 15.8. The number of aryl methyl sites for hydroxylation is 1. The molecule has 0 fully saturated rings. The van der Waals surface area contributed by atoms with E-state index in [0.717, 1.165) is 11.3 Å². The fourth-order valence-electron chi connectivity index (χ4n) is 2.44. The zero-order valence-electron chi connectivity index (χ0n) is 13.6. The van der Waals surface area contributed by atoms with Gasteiger partial charge in [0.25, 0.3) is 5.91 Å². The summed E-state index contributed by atoms with van der Waals surface area (Å²) in [5.41, 5.74) is 2.37. The van der Waals surface area contributed by atoms with Crippen molar-refractivity contribution in [2.45, 2.75) is 6.92 Å². The fourth-order valence-corrected chi connectivity index (χ4v) is 2.44. The molecule has 2 aromatic rings. The van der Waals surface area contributed by atoms with Crippen molar-refractivity contribution in [2.75, 3.05) is 19.0 Å². The summed E-state index contributed by atoms with van der Waals surface area (Å²) >= 11 is 0. The van der Waals surface area contributed by atoms with Crippen LogP contribution in [-0.2, 0) is 16.6 Å². The average Bonchev–Trinajstić information content (AvgIpc) is 2.89. The highest BCUT2D eigenvalue weighted by atomic mass is 16.5. The molecule has 0 saturated carbocycles. The predicted octanol–water partition coefficient (Wildman–Crippen LogP) is 1.93. The number of nitrogens with one attached hydrogen (secondary N) is 1. The van der Waals surface area contributed by atoms with E-state index >= 15 is 0 Å². The molecule has 0 aliphatic carbocycles. The Hall–Kier alpha value is -3.09. The third-order valence-electron chi connectivity index (χ3n) is 3.87. The summed E-state index contributed by atoms with van der Waals surface area (Å²) < 4.78 is 11.8. The number of ether oxygens (including phenoxy) is 2. The molecular formula is C17H17N3O4. The summed E-state index contributed by atoms with van der Waals surface area (Å²) in [6.45, 7) is 1.92. The monoisotopic (exact) mass is 327 g/mol. The van der Waals surface area contributed by atoms with Crippen molar-refractivity contribution in [1.29, 1.82) is 0 Å². The Balaban J connectivity index is 1.89. The standard InChI is InChI=1S/C17H17N3O4/c1-10-14(15(17(22)23-3)19-20(10)2)18-16(21)12-8-11-6-4-5-7-13(11)24-9-12/h4-8H,9H2,1-3H3,(H,18,21). The van der Waals surface area contributed by atoms with Crippen molar-refractivity contribution in [1.82, 2.24) is 9.78 Å². The molecule has 1 amide bonds. The molecular weight excluding hydrogens is 310 g/mol. The quantitative estimate of drug-likeness (QED) is 0.871. The van der Waals surface area contributed by atoms with Gasteiger partial charge in [-0.2, -0.15) is 5.10 Å². The summed E-state index contributed by atoms with van der Waals surface area (Å²) in [5.74, 6) is -0.208. The minimum Gasteiger partial charge on any atom is -0.488 e. The molecule has 2 heterocycles. The molecule has 7 nitrogen and oxygen atoms in total. The van der Waals surface area contributed by atoms with E-state index in [4.69, 9.17) is 9.47 Å². The van der Waals surface area contributed by atoms with Gasteiger partial charge in [0.2, 0.25) is 0 Å². The molecule has 3 rings (SSSR count). The molecule has 0 atom stereocenters. The van der Waals surface area contributed by atoms with Gasteiger partial charge in [0.1, 0.15) is 12.4 Å². The molecule has 1 aromatic heterocycles. The Kier molecular flexibility index (Phi) is 4.07. The second kappa shape index (κ2) is 6.19. The average molecular weight is 327 g/mol. The van der Waals surface area contributed by atoms with E-state index < -0.39 is 5.97 Å². The fraction of sp³-hybridized carbons (Fsp3) is 0.235. The number of rotatable bonds is 3. The molecule has 0 bridgehead atoms. The molecule has 124 valence electrons.